The van der Waals surface area contributed by atoms with Crippen molar-refractivity contribution in [1.29, 1.82) is 0 Å². The molecule has 16 heteroatoms. The van der Waals surface area contributed by atoms with E-state index in [9.17, 15) is 62.3 Å². The van der Waals surface area contributed by atoms with Crippen LogP contribution in [0, 0.1) is 11.8 Å². The van der Waals surface area contributed by atoms with Gasteiger partial charge in [0.25, 0.3) is 12.2 Å². The zero-order chi connectivity index (χ0) is 23.7. The summed E-state index contributed by atoms with van der Waals surface area (Å²) in [5.74, 6) is -8.79. The fraction of sp³-hybridized carbons (Fsp3) is 0.857. The van der Waals surface area contributed by atoms with Gasteiger partial charge in [0.15, 0.2) is 0 Å². The van der Waals surface area contributed by atoms with Crippen LogP contribution in [0.3, 0.4) is 0 Å². The fourth-order valence-electron chi connectivity index (χ4n) is 2.74. The minimum absolute atomic E-state index is 0.0613. The normalized spacial score (nSPS) is 21.7. The molecule has 1 aliphatic carbocycles. The highest BCUT2D eigenvalue weighted by atomic mass is 19.4. The van der Waals surface area contributed by atoms with Gasteiger partial charge in [-0.05, 0) is 12.8 Å². The van der Waals surface area contributed by atoms with E-state index >= 15 is 0 Å². The molecule has 0 aromatic carbocycles. The molecule has 1 rings (SSSR count). The lowest BCUT2D eigenvalue weighted by Gasteiger charge is -2.32. The zero-order valence-corrected chi connectivity index (χ0v) is 14.3. The van der Waals surface area contributed by atoms with Crippen molar-refractivity contribution in [3.05, 3.63) is 0 Å². The maximum Gasteiger partial charge on any atom is 0.434 e. The first-order chi connectivity index (χ1) is 13.3. The molecule has 0 radical (unpaired) electrons. The predicted molar refractivity (Wildman–Crippen MR) is 69.4 cm³/mol. The Morgan fingerprint density at radius 1 is 0.567 bits per heavy atom. The number of hydrogen-bond donors (Lipinski definition) is 0. The summed E-state index contributed by atoms with van der Waals surface area (Å²) < 4.78 is 157. The Bertz CT molecular complexity index is 536. The van der Waals surface area contributed by atoms with Crippen LogP contribution in [0.25, 0.3) is 0 Å². The maximum atomic E-state index is 12.5. The van der Waals surface area contributed by atoms with Crippen LogP contribution in [0.2, 0.25) is 0 Å². The molecule has 0 unspecified atom stereocenters. The van der Waals surface area contributed by atoms with E-state index in [1.54, 1.807) is 0 Å². The summed E-state index contributed by atoms with van der Waals surface area (Å²) in [7, 11) is 0. The van der Waals surface area contributed by atoms with Crippen molar-refractivity contribution in [2.45, 2.75) is 62.6 Å². The van der Waals surface area contributed by atoms with Crippen LogP contribution in [0.1, 0.15) is 25.7 Å². The highest BCUT2D eigenvalue weighted by Gasteiger charge is 2.62. The molecule has 0 N–H and O–H groups in total. The average molecular weight is 472 g/mol. The van der Waals surface area contributed by atoms with E-state index in [1.807, 2.05) is 0 Å². The van der Waals surface area contributed by atoms with Gasteiger partial charge in [0.1, 0.15) is 0 Å². The first kappa shape index (κ1) is 26.1. The Balaban J connectivity index is 3.07. The van der Waals surface area contributed by atoms with E-state index in [1.165, 1.54) is 0 Å². The molecule has 1 fully saturated rings. The van der Waals surface area contributed by atoms with Crippen LogP contribution in [0.15, 0.2) is 0 Å². The van der Waals surface area contributed by atoms with Gasteiger partial charge in [0, 0.05) is 0 Å². The Kier molecular flexibility index (Phi) is 7.57. The number of carbonyl (C=O) groups is 2. The quantitative estimate of drug-likeness (QED) is 0.433. The summed E-state index contributed by atoms with van der Waals surface area (Å²) in [4.78, 5) is 23.6. The molecule has 0 amide bonds. The number of hydrogen-bond acceptors (Lipinski definition) is 4. The lowest BCUT2D eigenvalue weighted by atomic mass is 9.79. The molecule has 30 heavy (non-hydrogen) atoms. The Hall–Kier alpha value is -1.90. The Labute approximate surface area is 159 Å². The largest absolute Gasteiger partial charge is 0.443 e. The molecule has 4 nitrogen and oxygen atoms in total. The lowest BCUT2D eigenvalue weighted by Crippen LogP contribution is -2.49. The minimum Gasteiger partial charge on any atom is -0.443 e. The van der Waals surface area contributed by atoms with Crippen LogP contribution in [0.5, 0.6) is 0 Å². The van der Waals surface area contributed by atoms with Gasteiger partial charge in [0.2, 0.25) is 0 Å². The number of rotatable bonds is 4. The van der Waals surface area contributed by atoms with Gasteiger partial charge in [0.05, 0.1) is 11.8 Å². The van der Waals surface area contributed by atoms with Gasteiger partial charge in [-0.3, -0.25) is 9.59 Å². The molecule has 0 aromatic rings. The molecule has 0 saturated heterocycles. The van der Waals surface area contributed by atoms with E-state index < -0.39 is 73.5 Å². The predicted octanol–water partition coefficient (Wildman–Crippen LogP) is 4.87. The van der Waals surface area contributed by atoms with Crippen molar-refractivity contribution < 1.29 is 71.7 Å². The molecule has 0 bridgehead atoms. The van der Waals surface area contributed by atoms with Crippen molar-refractivity contribution >= 4 is 11.9 Å². The summed E-state index contributed by atoms with van der Waals surface area (Å²) in [6, 6.07) is 0. The summed E-state index contributed by atoms with van der Waals surface area (Å²) >= 11 is 0. The van der Waals surface area contributed by atoms with E-state index in [-0.39, 0.29) is 12.8 Å². The monoisotopic (exact) mass is 472 g/mol. The molecule has 1 saturated carbocycles. The van der Waals surface area contributed by atoms with Crippen LogP contribution < -0.4 is 0 Å². The van der Waals surface area contributed by atoms with E-state index in [0.29, 0.717) is 0 Å². The van der Waals surface area contributed by atoms with Crippen LogP contribution >= 0.6 is 0 Å². The summed E-state index contributed by atoms with van der Waals surface area (Å²) in [5, 5.41) is 0. The van der Waals surface area contributed by atoms with Gasteiger partial charge in [-0.2, -0.15) is 52.7 Å². The smallest absolute Gasteiger partial charge is 0.434 e. The van der Waals surface area contributed by atoms with Crippen molar-refractivity contribution in [2.75, 3.05) is 0 Å². The Morgan fingerprint density at radius 2 is 0.800 bits per heavy atom. The fourth-order valence-corrected chi connectivity index (χ4v) is 2.74. The van der Waals surface area contributed by atoms with Crippen LogP contribution in [0.4, 0.5) is 52.7 Å². The van der Waals surface area contributed by atoms with E-state index in [2.05, 4.69) is 9.47 Å². The van der Waals surface area contributed by atoms with Crippen LogP contribution in [-0.4, -0.2) is 48.9 Å². The van der Waals surface area contributed by atoms with Gasteiger partial charge < -0.3 is 9.47 Å². The molecule has 176 valence electrons. The first-order valence-corrected chi connectivity index (χ1v) is 7.94. The summed E-state index contributed by atoms with van der Waals surface area (Å²) in [6.45, 7) is 0. The number of halogens is 12. The van der Waals surface area contributed by atoms with Crippen molar-refractivity contribution in [3.63, 3.8) is 0 Å². The van der Waals surface area contributed by atoms with Gasteiger partial charge >= 0.3 is 36.6 Å². The Morgan fingerprint density at radius 3 is 1.00 bits per heavy atom. The molecular weight excluding hydrogens is 460 g/mol. The second kappa shape index (κ2) is 8.69. The highest BCUT2D eigenvalue weighted by molar-refractivity contribution is 5.82. The second-order valence-electron chi connectivity index (χ2n) is 6.30. The van der Waals surface area contributed by atoms with Crippen molar-refractivity contribution in [1.82, 2.24) is 0 Å². The number of carbonyl (C=O) groups excluding carboxylic acids is 2. The molecule has 1 aliphatic rings. The molecule has 0 aromatic heterocycles. The number of ether oxygens (including phenoxy) is 2. The zero-order valence-electron chi connectivity index (χ0n) is 14.3. The third-order valence-electron chi connectivity index (χ3n) is 4.03. The summed E-state index contributed by atoms with van der Waals surface area (Å²) in [5.41, 5.74) is 0. The first-order valence-electron chi connectivity index (χ1n) is 7.94. The van der Waals surface area contributed by atoms with Crippen LogP contribution in [-0.2, 0) is 19.1 Å². The average Bonchev–Trinajstić information content (AvgIpc) is 2.52. The van der Waals surface area contributed by atoms with Gasteiger partial charge in [-0.25, -0.2) is 0 Å². The summed E-state index contributed by atoms with van der Waals surface area (Å²) in [6.07, 6.45) is -34.9. The third-order valence-corrected chi connectivity index (χ3v) is 4.03. The van der Waals surface area contributed by atoms with Gasteiger partial charge in [-0.1, -0.05) is 12.8 Å². The highest BCUT2D eigenvalue weighted by Crippen LogP contribution is 2.40. The third kappa shape index (κ3) is 6.82. The molecule has 0 heterocycles. The second-order valence-corrected chi connectivity index (χ2v) is 6.30. The number of esters is 2. The SMILES string of the molecule is O=C(OC(C(F)(F)F)C(F)(F)F)[C@H]1CCCC[C@H]1C(=O)OC(C(F)(F)F)C(F)(F)F. The standard InChI is InChI=1S/C14H12F12O4/c15-11(16,17)9(12(18,19)20)29-7(27)5-3-1-2-4-6(5)8(28)30-10(13(21,22)23)14(24,25)26/h5-6,9-10H,1-4H2/t5-,6+. The lowest BCUT2D eigenvalue weighted by molar-refractivity contribution is -0.317. The molecule has 0 spiro atoms. The topological polar surface area (TPSA) is 52.6 Å². The van der Waals surface area contributed by atoms with Crippen molar-refractivity contribution in [2.24, 2.45) is 11.8 Å². The molecular formula is C14H12F12O4. The van der Waals surface area contributed by atoms with E-state index in [4.69, 9.17) is 0 Å². The van der Waals surface area contributed by atoms with Gasteiger partial charge in [-0.15, -0.1) is 0 Å². The number of alkyl halides is 12. The minimum atomic E-state index is -6.10. The molecule has 2 atom stereocenters. The van der Waals surface area contributed by atoms with E-state index in [0.717, 1.165) is 0 Å². The molecule has 0 aliphatic heterocycles. The maximum absolute atomic E-state index is 12.5. The van der Waals surface area contributed by atoms with Crippen molar-refractivity contribution in [3.8, 4) is 0 Å².